The van der Waals surface area contributed by atoms with Crippen molar-refractivity contribution in [3.05, 3.63) is 70.0 Å². The average molecular weight is 294 g/mol. The summed E-state index contributed by atoms with van der Waals surface area (Å²) in [5.74, 6) is -0.519. The lowest BCUT2D eigenvalue weighted by Gasteiger charge is -2.05. The molecule has 1 heterocycles. The van der Waals surface area contributed by atoms with Crippen molar-refractivity contribution in [2.75, 3.05) is 5.73 Å². The van der Waals surface area contributed by atoms with E-state index in [-0.39, 0.29) is 5.69 Å². The van der Waals surface area contributed by atoms with Crippen LogP contribution >= 0.6 is 0 Å². The Hall–Kier alpha value is -3.15. The third-order valence-corrected chi connectivity index (χ3v) is 3.30. The molecule has 0 atom stereocenters. The smallest absolute Gasteiger partial charge is 0.276 e. The van der Waals surface area contributed by atoms with Crippen molar-refractivity contribution in [2.45, 2.75) is 6.54 Å². The Bertz CT molecular complexity index is 888. The summed E-state index contributed by atoms with van der Waals surface area (Å²) < 4.78 is 0. The number of hydrogen-bond acceptors (Lipinski definition) is 4. The van der Waals surface area contributed by atoms with E-state index in [1.165, 1.54) is 6.07 Å². The van der Waals surface area contributed by atoms with Crippen LogP contribution in [-0.4, -0.2) is 16.1 Å². The topological polar surface area (TPSA) is 101 Å². The number of carbonyl (C=O) groups is 1. The number of nitrogen functional groups attached to an aromatic ring is 1. The molecular weight excluding hydrogens is 280 g/mol. The number of benzene rings is 2. The number of aromatic nitrogens is 2. The summed E-state index contributed by atoms with van der Waals surface area (Å²) in [5.41, 5.74) is 7.01. The maximum Gasteiger partial charge on any atom is 0.276 e. The number of fused-ring (bicyclic) bond motifs is 1. The van der Waals surface area contributed by atoms with E-state index in [4.69, 9.17) is 5.73 Å². The van der Waals surface area contributed by atoms with Crippen LogP contribution in [0.1, 0.15) is 16.1 Å². The van der Waals surface area contributed by atoms with Crippen LogP contribution in [0.15, 0.2) is 53.3 Å². The second-order valence-electron chi connectivity index (χ2n) is 4.87. The van der Waals surface area contributed by atoms with Crippen LogP contribution in [0.5, 0.6) is 0 Å². The number of carbonyl (C=O) groups excluding carboxylic acids is 1. The highest BCUT2D eigenvalue weighted by molar-refractivity contribution is 5.95. The molecule has 0 radical (unpaired) electrons. The minimum atomic E-state index is -0.519. The first-order valence-corrected chi connectivity index (χ1v) is 6.75. The maximum atomic E-state index is 12.3. The van der Waals surface area contributed by atoms with Crippen molar-refractivity contribution in [1.29, 1.82) is 0 Å². The molecule has 0 saturated carbocycles. The molecule has 3 rings (SSSR count). The molecule has 0 spiro atoms. The number of amides is 1. The summed E-state index contributed by atoms with van der Waals surface area (Å²) >= 11 is 0. The molecule has 110 valence electrons. The van der Waals surface area contributed by atoms with Gasteiger partial charge in [0.25, 0.3) is 5.91 Å². The van der Waals surface area contributed by atoms with Gasteiger partial charge in [0.05, 0.1) is 10.9 Å². The highest BCUT2D eigenvalue weighted by Gasteiger charge is 2.14. The Morgan fingerprint density at radius 3 is 2.73 bits per heavy atom. The summed E-state index contributed by atoms with van der Waals surface area (Å²) in [4.78, 5) is 24.5. The zero-order valence-corrected chi connectivity index (χ0v) is 11.7. The largest absolute Gasteiger partial charge is 0.399 e. The van der Waals surface area contributed by atoms with Gasteiger partial charge in [-0.1, -0.05) is 30.3 Å². The molecule has 0 saturated heterocycles. The average Bonchev–Trinajstić information content (AvgIpc) is 2.54. The lowest BCUT2D eigenvalue weighted by Crippen LogP contribution is -2.30. The molecule has 0 aliphatic rings. The summed E-state index contributed by atoms with van der Waals surface area (Å²) in [7, 11) is 0. The van der Waals surface area contributed by atoms with Gasteiger partial charge in [-0.15, -0.1) is 0 Å². The van der Waals surface area contributed by atoms with E-state index in [0.717, 1.165) is 5.56 Å². The van der Waals surface area contributed by atoms with Crippen molar-refractivity contribution < 1.29 is 4.79 Å². The van der Waals surface area contributed by atoms with Crippen LogP contribution in [0.4, 0.5) is 5.69 Å². The quantitative estimate of drug-likeness (QED) is 0.636. The van der Waals surface area contributed by atoms with E-state index >= 15 is 0 Å². The van der Waals surface area contributed by atoms with Gasteiger partial charge in [-0.3, -0.25) is 14.7 Å². The number of H-pyrrole nitrogens is 1. The van der Waals surface area contributed by atoms with E-state index < -0.39 is 11.3 Å². The second kappa shape index (κ2) is 5.69. The molecule has 0 aliphatic heterocycles. The van der Waals surface area contributed by atoms with Crippen molar-refractivity contribution in [2.24, 2.45) is 0 Å². The van der Waals surface area contributed by atoms with Gasteiger partial charge < -0.3 is 11.1 Å². The zero-order chi connectivity index (χ0) is 15.5. The van der Waals surface area contributed by atoms with Gasteiger partial charge in [0.1, 0.15) is 0 Å². The fourth-order valence-corrected chi connectivity index (χ4v) is 2.16. The zero-order valence-electron chi connectivity index (χ0n) is 11.7. The summed E-state index contributed by atoms with van der Waals surface area (Å²) in [6.07, 6.45) is 0. The van der Waals surface area contributed by atoms with Gasteiger partial charge in [0.2, 0.25) is 5.43 Å². The third kappa shape index (κ3) is 2.67. The van der Waals surface area contributed by atoms with Crippen molar-refractivity contribution in [3.8, 4) is 0 Å². The van der Waals surface area contributed by atoms with Crippen LogP contribution in [0.25, 0.3) is 10.9 Å². The Balaban J connectivity index is 1.88. The van der Waals surface area contributed by atoms with Crippen LogP contribution < -0.4 is 16.5 Å². The van der Waals surface area contributed by atoms with Crippen molar-refractivity contribution in [1.82, 2.24) is 15.5 Å². The third-order valence-electron chi connectivity index (χ3n) is 3.30. The number of nitrogens with zero attached hydrogens (tertiary/aromatic N) is 1. The summed E-state index contributed by atoms with van der Waals surface area (Å²) in [6.45, 7) is 0.329. The molecule has 6 nitrogen and oxygen atoms in total. The number of rotatable bonds is 3. The monoisotopic (exact) mass is 294 g/mol. The summed E-state index contributed by atoms with van der Waals surface area (Å²) in [5, 5.41) is 9.59. The number of nitrogens with one attached hydrogen (secondary N) is 2. The van der Waals surface area contributed by atoms with Crippen LogP contribution in [0.2, 0.25) is 0 Å². The molecule has 0 aliphatic carbocycles. The molecule has 3 aromatic rings. The highest BCUT2D eigenvalue weighted by atomic mass is 16.2. The predicted octanol–water partition coefficient (Wildman–Crippen LogP) is 1.44. The minimum Gasteiger partial charge on any atom is -0.399 e. The first-order valence-electron chi connectivity index (χ1n) is 6.75. The predicted molar refractivity (Wildman–Crippen MR) is 84.4 cm³/mol. The number of aromatic amines is 1. The number of hydrogen-bond donors (Lipinski definition) is 3. The molecule has 0 fully saturated rings. The SMILES string of the molecule is Nc1ccc2[nH]nc(C(=O)NCc3ccccc3)c(=O)c2c1. The fraction of sp³-hybridized carbons (Fsp3) is 0.0625. The van der Waals surface area contributed by atoms with Crippen molar-refractivity contribution >= 4 is 22.5 Å². The molecule has 22 heavy (non-hydrogen) atoms. The van der Waals surface area contributed by atoms with E-state index in [1.807, 2.05) is 30.3 Å². The standard InChI is InChI=1S/C16H14N4O2/c17-11-6-7-13-12(8-11)15(21)14(20-19-13)16(22)18-9-10-4-2-1-3-5-10/h1-8H,9,17H2,(H,18,22)(H,19,21). The lowest BCUT2D eigenvalue weighted by atomic mass is 10.1. The van der Waals surface area contributed by atoms with Gasteiger partial charge in [0.15, 0.2) is 5.69 Å². The van der Waals surface area contributed by atoms with Gasteiger partial charge >= 0.3 is 0 Å². The van der Waals surface area contributed by atoms with Gasteiger partial charge in [0, 0.05) is 12.2 Å². The Labute approximate surface area is 126 Å². The molecule has 4 N–H and O–H groups in total. The first-order chi connectivity index (χ1) is 10.6. The van der Waals surface area contributed by atoms with Gasteiger partial charge in [-0.05, 0) is 23.8 Å². The van der Waals surface area contributed by atoms with E-state index in [9.17, 15) is 9.59 Å². The van der Waals surface area contributed by atoms with E-state index in [1.54, 1.807) is 12.1 Å². The lowest BCUT2D eigenvalue weighted by molar-refractivity contribution is 0.0944. The molecule has 0 bridgehead atoms. The molecule has 1 amide bonds. The van der Waals surface area contributed by atoms with E-state index in [0.29, 0.717) is 23.1 Å². The second-order valence-corrected chi connectivity index (χ2v) is 4.87. The molecule has 1 aromatic heterocycles. The molecule has 2 aromatic carbocycles. The number of anilines is 1. The van der Waals surface area contributed by atoms with Crippen LogP contribution in [0, 0.1) is 0 Å². The maximum absolute atomic E-state index is 12.3. The molecule has 6 heteroatoms. The Morgan fingerprint density at radius 2 is 1.95 bits per heavy atom. The molecule has 0 unspecified atom stereocenters. The number of nitrogens with two attached hydrogens (primary N) is 1. The van der Waals surface area contributed by atoms with Gasteiger partial charge in [-0.2, -0.15) is 5.10 Å². The highest BCUT2D eigenvalue weighted by Crippen LogP contribution is 2.11. The van der Waals surface area contributed by atoms with Crippen LogP contribution in [-0.2, 0) is 6.54 Å². The van der Waals surface area contributed by atoms with Gasteiger partial charge in [-0.25, -0.2) is 0 Å². The Kier molecular flexibility index (Phi) is 3.57. The fourth-order valence-electron chi connectivity index (χ4n) is 2.16. The first kappa shape index (κ1) is 13.8. The van der Waals surface area contributed by atoms with E-state index in [2.05, 4.69) is 15.5 Å². The minimum absolute atomic E-state index is 0.172. The summed E-state index contributed by atoms with van der Waals surface area (Å²) in [6, 6.07) is 14.3. The molecular formula is C16H14N4O2. The van der Waals surface area contributed by atoms with Crippen LogP contribution in [0.3, 0.4) is 0 Å². The van der Waals surface area contributed by atoms with Crippen molar-refractivity contribution in [3.63, 3.8) is 0 Å². The normalized spacial score (nSPS) is 10.5. The Morgan fingerprint density at radius 1 is 1.18 bits per heavy atom.